The Morgan fingerprint density at radius 3 is 2.69 bits per heavy atom. The number of amides is 3. The van der Waals surface area contributed by atoms with Crippen molar-refractivity contribution in [2.45, 2.75) is 0 Å². The van der Waals surface area contributed by atoms with Gasteiger partial charge in [-0.3, -0.25) is 9.59 Å². The first kappa shape index (κ1) is 18.2. The number of hydrazone groups is 1. The minimum atomic E-state index is -1.21. The molecule has 1 aliphatic heterocycles. The van der Waals surface area contributed by atoms with Gasteiger partial charge in [0.25, 0.3) is 5.91 Å². The van der Waals surface area contributed by atoms with E-state index in [-0.39, 0.29) is 6.54 Å². The molecule has 0 fully saturated rings. The molecule has 0 bridgehead atoms. The zero-order chi connectivity index (χ0) is 20.5. The second-order valence-corrected chi connectivity index (χ2v) is 6.61. The van der Waals surface area contributed by atoms with E-state index in [0.717, 1.165) is 21.7 Å². The highest BCUT2D eigenvalue weighted by molar-refractivity contribution is 6.18. The van der Waals surface area contributed by atoms with Gasteiger partial charge in [0.2, 0.25) is 5.91 Å². The van der Waals surface area contributed by atoms with Crippen molar-refractivity contribution in [1.29, 1.82) is 0 Å². The maximum absolute atomic E-state index is 12.5. The lowest BCUT2D eigenvalue weighted by molar-refractivity contribution is -0.116. The van der Waals surface area contributed by atoms with E-state index in [2.05, 4.69) is 20.8 Å². The molecule has 4 rings (SSSR count). The van der Waals surface area contributed by atoms with Crippen molar-refractivity contribution in [3.8, 4) is 11.3 Å². The topological polar surface area (TPSA) is 127 Å². The van der Waals surface area contributed by atoms with Crippen molar-refractivity contribution in [2.24, 2.45) is 5.10 Å². The SMILES string of the molecule is CN(CC(=O)Nc1cc2c3c(c(-c4ccccc4)[nH]c3c1)C=NNC2=O)C(=O)O. The molecule has 146 valence electrons. The Morgan fingerprint density at radius 2 is 1.97 bits per heavy atom. The number of aromatic amines is 1. The van der Waals surface area contributed by atoms with E-state index < -0.39 is 17.9 Å². The third kappa shape index (κ3) is 3.41. The molecule has 1 aliphatic rings. The number of hydrogen-bond acceptors (Lipinski definition) is 4. The predicted octanol–water partition coefficient (Wildman–Crippen LogP) is 2.46. The fourth-order valence-corrected chi connectivity index (χ4v) is 3.27. The average Bonchev–Trinajstić information content (AvgIpc) is 2.97. The van der Waals surface area contributed by atoms with Gasteiger partial charge in [-0.2, -0.15) is 5.10 Å². The molecule has 3 amide bonds. The van der Waals surface area contributed by atoms with Crippen LogP contribution in [0.5, 0.6) is 0 Å². The molecule has 0 radical (unpaired) electrons. The Labute approximate surface area is 165 Å². The lowest BCUT2D eigenvalue weighted by Gasteiger charge is -2.13. The van der Waals surface area contributed by atoms with E-state index in [1.165, 1.54) is 7.05 Å². The first-order valence-corrected chi connectivity index (χ1v) is 8.76. The van der Waals surface area contributed by atoms with E-state index in [1.807, 2.05) is 30.3 Å². The highest BCUT2D eigenvalue weighted by Crippen LogP contribution is 2.34. The van der Waals surface area contributed by atoms with Crippen LogP contribution in [0, 0.1) is 0 Å². The van der Waals surface area contributed by atoms with Gasteiger partial charge < -0.3 is 20.3 Å². The monoisotopic (exact) mass is 391 g/mol. The van der Waals surface area contributed by atoms with Crippen molar-refractivity contribution in [2.75, 3.05) is 18.9 Å². The highest BCUT2D eigenvalue weighted by Gasteiger charge is 2.22. The summed E-state index contributed by atoms with van der Waals surface area (Å²) in [5.74, 6) is -0.913. The molecular formula is C20H17N5O4. The number of likely N-dealkylation sites (N-methyl/N-ethyl adjacent to an activating group) is 1. The molecule has 2 aromatic carbocycles. The van der Waals surface area contributed by atoms with Crippen LogP contribution in [0.2, 0.25) is 0 Å². The summed E-state index contributed by atoms with van der Waals surface area (Å²) in [5, 5.41) is 16.2. The number of benzene rings is 2. The number of carbonyl (C=O) groups excluding carboxylic acids is 2. The number of hydrogen-bond donors (Lipinski definition) is 4. The van der Waals surface area contributed by atoms with Crippen molar-refractivity contribution >= 4 is 40.7 Å². The number of H-pyrrole nitrogens is 1. The van der Waals surface area contributed by atoms with Crippen LogP contribution in [0.15, 0.2) is 47.6 Å². The maximum atomic E-state index is 12.5. The van der Waals surface area contributed by atoms with Gasteiger partial charge in [0.15, 0.2) is 0 Å². The van der Waals surface area contributed by atoms with Crippen LogP contribution in [0.25, 0.3) is 22.2 Å². The van der Waals surface area contributed by atoms with Gasteiger partial charge in [0.1, 0.15) is 6.54 Å². The molecule has 29 heavy (non-hydrogen) atoms. The molecule has 9 nitrogen and oxygen atoms in total. The van der Waals surface area contributed by atoms with Gasteiger partial charge >= 0.3 is 6.09 Å². The van der Waals surface area contributed by atoms with Crippen molar-refractivity contribution in [3.05, 3.63) is 53.6 Å². The molecule has 0 saturated heterocycles. The summed E-state index contributed by atoms with van der Waals surface area (Å²) in [5.41, 5.74) is 6.35. The van der Waals surface area contributed by atoms with Gasteiger partial charge in [0, 0.05) is 29.2 Å². The van der Waals surface area contributed by atoms with Crippen LogP contribution in [-0.2, 0) is 4.79 Å². The number of carbonyl (C=O) groups is 3. The Hall–Kier alpha value is -4.14. The molecule has 4 N–H and O–H groups in total. The van der Waals surface area contributed by atoms with E-state index in [9.17, 15) is 14.4 Å². The Kier molecular flexibility index (Phi) is 4.47. The lowest BCUT2D eigenvalue weighted by atomic mass is 10.0. The number of carboxylic acid groups (broad SMARTS) is 1. The van der Waals surface area contributed by atoms with Crippen LogP contribution in [0.1, 0.15) is 15.9 Å². The molecule has 0 spiro atoms. The summed E-state index contributed by atoms with van der Waals surface area (Å²) in [6.45, 7) is -0.330. The third-order valence-electron chi connectivity index (χ3n) is 4.59. The van der Waals surface area contributed by atoms with Gasteiger partial charge in [-0.05, 0) is 17.7 Å². The standard InChI is InChI=1S/C20H17N5O4/c1-25(20(28)29)10-16(26)22-12-7-13-17-14(9-21-24-19(13)27)18(23-15(17)8-12)11-5-3-2-4-6-11/h2-9,23H,10H2,1H3,(H,22,26)(H,24,27)(H,28,29). The average molecular weight is 391 g/mol. The van der Waals surface area contributed by atoms with Crippen LogP contribution in [0.4, 0.5) is 10.5 Å². The van der Waals surface area contributed by atoms with E-state index in [0.29, 0.717) is 22.2 Å². The second-order valence-electron chi connectivity index (χ2n) is 6.61. The maximum Gasteiger partial charge on any atom is 0.407 e. The summed E-state index contributed by atoms with van der Waals surface area (Å²) in [6, 6.07) is 12.9. The Bertz CT molecular complexity index is 1170. The van der Waals surface area contributed by atoms with Crippen LogP contribution < -0.4 is 10.7 Å². The number of aromatic nitrogens is 1. The van der Waals surface area contributed by atoms with Crippen molar-refractivity contribution in [3.63, 3.8) is 0 Å². The zero-order valence-electron chi connectivity index (χ0n) is 15.4. The molecule has 0 saturated carbocycles. The normalized spacial score (nSPS) is 12.4. The molecule has 0 atom stereocenters. The first-order chi connectivity index (χ1) is 13.9. The Morgan fingerprint density at radius 1 is 1.21 bits per heavy atom. The van der Waals surface area contributed by atoms with Crippen molar-refractivity contribution < 1.29 is 19.5 Å². The number of nitrogens with one attached hydrogen (secondary N) is 3. The predicted molar refractivity (Wildman–Crippen MR) is 108 cm³/mol. The van der Waals surface area contributed by atoms with Gasteiger partial charge in [0.05, 0.1) is 17.5 Å². The molecule has 1 aromatic heterocycles. The van der Waals surface area contributed by atoms with Gasteiger partial charge in [-0.25, -0.2) is 10.2 Å². The van der Waals surface area contributed by atoms with E-state index >= 15 is 0 Å². The largest absolute Gasteiger partial charge is 0.465 e. The smallest absolute Gasteiger partial charge is 0.407 e. The van der Waals surface area contributed by atoms with E-state index in [4.69, 9.17) is 5.11 Å². The summed E-state index contributed by atoms with van der Waals surface area (Å²) >= 11 is 0. The second kappa shape index (κ2) is 7.12. The highest BCUT2D eigenvalue weighted by atomic mass is 16.4. The quantitative estimate of drug-likeness (QED) is 0.545. The molecular weight excluding hydrogens is 374 g/mol. The summed E-state index contributed by atoms with van der Waals surface area (Å²) in [7, 11) is 1.30. The summed E-state index contributed by atoms with van der Waals surface area (Å²) < 4.78 is 0. The van der Waals surface area contributed by atoms with Crippen LogP contribution in [0.3, 0.4) is 0 Å². The first-order valence-electron chi connectivity index (χ1n) is 8.76. The minimum absolute atomic E-state index is 0.330. The molecule has 9 heteroatoms. The number of anilines is 1. The van der Waals surface area contributed by atoms with Crippen LogP contribution >= 0.6 is 0 Å². The molecule has 0 unspecified atom stereocenters. The van der Waals surface area contributed by atoms with E-state index in [1.54, 1.807) is 18.3 Å². The number of rotatable bonds is 4. The van der Waals surface area contributed by atoms with Crippen LogP contribution in [-0.4, -0.2) is 52.7 Å². The fourth-order valence-electron chi connectivity index (χ4n) is 3.27. The molecule has 0 aliphatic carbocycles. The van der Waals surface area contributed by atoms with Gasteiger partial charge in [-0.15, -0.1) is 0 Å². The molecule has 3 aromatic rings. The minimum Gasteiger partial charge on any atom is -0.465 e. The zero-order valence-corrected chi connectivity index (χ0v) is 15.4. The Balaban J connectivity index is 1.79. The summed E-state index contributed by atoms with van der Waals surface area (Å²) in [6.07, 6.45) is 0.385. The third-order valence-corrected chi connectivity index (χ3v) is 4.59. The molecule has 2 heterocycles. The number of nitrogens with zero attached hydrogens (tertiary/aromatic N) is 2. The van der Waals surface area contributed by atoms with Crippen molar-refractivity contribution in [1.82, 2.24) is 15.3 Å². The fraction of sp³-hybridized carbons (Fsp3) is 0.100. The summed E-state index contributed by atoms with van der Waals surface area (Å²) in [4.78, 5) is 39.7. The lowest BCUT2D eigenvalue weighted by Crippen LogP contribution is -2.33. The van der Waals surface area contributed by atoms with Gasteiger partial charge in [-0.1, -0.05) is 30.3 Å².